The van der Waals surface area contributed by atoms with Crippen LogP contribution in [0.3, 0.4) is 0 Å². The lowest BCUT2D eigenvalue weighted by Gasteiger charge is -2.26. The van der Waals surface area contributed by atoms with E-state index in [2.05, 4.69) is 27.8 Å². The molecule has 2 aromatic rings. The third-order valence-electron chi connectivity index (χ3n) is 5.53. The molecule has 3 rings (SSSR count). The predicted molar refractivity (Wildman–Crippen MR) is 128 cm³/mol. The fourth-order valence-corrected chi connectivity index (χ4v) is 3.27. The summed E-state index contributed by atoms with van der Waals surface area (Å²) in [6.45, 7) is 1.85. The Kier molecular flexibility index (Phi) is 8.76. The Morgan fingerprint density at radius 3 is 2.12 bits per heavy atom. The number of hydrogen-bond acceptors (Lipinski definition) is 6. The summed E-state index contributed by atoms with van der Waals surface area (Å²) in [7, 11) is 0. The highest BCUT2D eigenvalue weighted by Gasteiger charge is 2.24. The molecule has 178 valence electrons. The Morgan fingerprint density at radius 1 is 1.03 bits per heavy atom. The van der Waals surface area contributed by atoms with Gasteiger partial charge in [0.1, 0.15) is 6.04 Å². The smallest absolute Gasteiger partial charge is 0.267 e. The lowest BCUT2D eigenvalue weighted by Crippen LogP contribution is -2.54. The Morgan fingerprint density at radius 2 is 1.62 bits per heavy atom. The number of amides is 3. The fourth-order valence-electron chi connectivity index (χ4n) is 3.27. The molecule has 0 unspecified atom stereocenters. The molecule has 1 aliphatic rings. The Balaban J connectivity index is 1.53. The molecule has 2 aromatic carbocycles. The van der Waals surface area contributed by atoms with Gasteiger partial charge in [-0.15, -0.1) is 0 Å². The van der Waals surface area contributed by atoms with Crippen LogP contribution in [-0.2, 0) is 9.59 Å². The van der Waals surface area contributed by atoms with E-state index in [1.165, 1.54) is 11.9 Å². The van der Waals surface area contributed by atoms with Crippen molar-refractivity contribution in [2.45, 2.75) is 44.3 Å². The SMILES string of the molecule is C[C@@H](N)[C@H](NC(=O)c1ccc(C#Cc2ccc(NC(=O)CNC3CCC3)cc2)cc1)C(=O)NO. The average Bonchev–Trinajstić information content (AvgIpc) is 2.80. The van der Waals surface area contributed by atoms with Crippen LogP contribution in [-0.4, -0.2) is 47.6 Å². The number of carbonyl (C=O) groups is 3. The van der Waals surface area contributed by atoms with Gasteiger partial charge in [-0.3, -0.25) is 19.6 Å². The van der Waals surface area contributed by atoms with Crippen LogP contribution in [0.1, 0.15) is 47.7 Å². The molecule has 0 saturated heterocycles. The lowest BCUT2D eigenvalue weighted by atomic mass is 9.93. The van der Waals surface area contributed by atoms with Gasteiger partial charge >= 0.3 is 0 Å². The van der Waals surface area contributed by atoms with Gasteiger partial charge < -0.3 is 21.7 Å². The van der Waals surface area contributed by atoms with Crippen LogP contribution in [0.15, 0.2) is 48.5 Å². The molecule has 0 heterocycles. The lowest BCUT2D eigenvalue weighted by molar-refractivity contribution is -0.131. The van der Waals surface area contributed by atoms with Gasteiger partial charge in [0.25, 0.3) is 11.8 Å². The molecule has 7 N–H and O–H groups in total. The van der Waals surface area contributed by atoms with Gasteiger partial charge in [-0.2, -0.15) is 0 Å². The van der Waals surface area contributed by atoms with Crippen molar-refractivity contribution in [2.24, 2.45) is 5.73 Å². The average molecular weight is 464 g/mol. The van der Waals surface area contributed by atoms with E-state index in [0.29, 0.717) is 29.4 Å². The van der Waals surface area contributed by atoms with E-state index in [0.717, 1.165) is 18.4 Å². The van der Waals surface area contributed by atoms with E-state index in [1.807, 2.05) is 12.1 Å². The summed E-state index contributed by atoms with van der Waals surface area (Å²) in [5.74, 6) is 4.71. The van der Waals surface area contributed by atoms with E-state index >= 15 is 0 Å². The van der Waals surface area contributed by atoms with Crippen LogP contribution in [0.5, 0.6) is 0 Å². The van der Waals surface area contributed by atoms with Crippen LogP contribution in [0.25, 0.3) is 0 Å². The van der Waals surface area contributed by atoms with Gasteiger partial charge in [0.2, 0.25) is 5.91 Å². The molecule has 0 aliphatic heterocycles. The zero-order chi connectivity index (χ0) is 24.5. The standard InChI is InChI=1S/C25H29N5O4/c1-16(26)23(25(33)30-34)29-24(32)19-11-7-17(8-12-19)5-6-18-9-13-21(14-10-18)28-22(31)15-27-20-3-2-4-20/h7-14,16,20,23,27,34H,2-4,15,26H2,1H3,(H,28,31)(H,29,32)(H,30,33)/t16-,23+/m1/s1. The highest BCUT2D eigenvalue weighted by atomic mass is 16.5. The zero-order valence-corrected chi connectivity index (χ0v) is 18.9. The summed E-state index contributed by atoms with van der Waals surface area (Å²) in [5.41, 5.74) is 9.71. The molecular formula is C25H29N5O4. The summed E-state index contributed by atoms with van der Waals surface area (Å²) >= 11 is 0. The second-order valence-electron chi connectivity index (χ2n) is 8.25. The second-order valence-corrected chi connectivity index (χ2v) is 8.25. The van der Waals surface area contributed by atoms with Crippen LogP contribution in [0.2, 0.25) is 0 Å². The van der Waals surface area contributed by atoms with Gasteiger partial charge in [-0.25, -0.2) is 5.48 Å². The number of hydrogen-bond donors (Lipinski definition) is 6. The van der Waals surface area contributed by atoms with E-state index in [4.69, 9.17) is 10.9 Å². The summed E-state index contributed by atoms with van der Waals surface area (Å²) in [6.07, 6.45) is 3.49. The number of hydroxylamine groups is 1. The van der Waals surface area contributed by atoms with E-state index in [1.54, 1.807) is 43.3 Å². The van der Waals surface area contributed by atoms with Crippen molar-refractivity contribution < 1.29 is 19.6 Å². The van der Waals surface area contributed by atoms with Crippen LogP contribution < -0.4 is 27.2 Å². The highest BCUT2D eigenvalue weighted by molar-refractivity contribution is 5.97. The molecule has 0 radical (unpaired) electrons. The Labute approximate surface area is 198 Å². The first-order chi connectivity index (χ1) is 16.4. The maximum absolute atomic E-state index is 12.4. The maximum Gasteiger partial charge on any atom is 0.267 e. The van der Waals surface area contributed by atoms with Crippen molar-refractivity contribution in [3.8, 4) is 11.8 Å². The zero-order valence-electron chi connectivity index (χ0n) is 18.9. The summed E-state index contributed by atoms with van der Waals surface area (Å²) in [5, 5.41) is 17.4. The molecular weight excluding hydrogens is 434 g/mol. The van der Waals surface area contributed by atoms with Gasteiger partial charge in [-0.1, -0.05) is 18.3 Å². The first-order valence-corrected chi connectivity index (χ1v) is 11.1. The monoisotopic (exact) mass is 463 g/mol. The molecule has 0 bridgehead atoms. The normalized spacial score (nSPS) is 14.6. The highest BCUT2D eigenvalue weighted by Crippen LogP contribution is 2.17. The molecule has 2 atom stereocenters. The molecule has 0 aromatic heterocycles. The fraction of sp³-hybridized carbons (Fsp3) is 0.320. The number of anilines is 1. The van der Waals surface area contributed by atoms with E-state index in [-0.39, 0.29) is 5.91 Å². The predicted octanol–water partition coefficient (Wildman–Crippen LogP) is 1.12. The van der Waals surface area contributed by atoms with Crippen molar-refractivity contribution in [3.05, 3.63) is 65.2 Å². The summed E-state index contributed by atoms with van der Waals surface area (Å²) in [4.78, 5) is 36.0. The molecule has 9 heteroatoms. The molecule has 3 amide bonds. The van der Waals surface area contributed by atoms with Crippen LogP contribution >= 0.6 is 0 Å². The molecule has 1 saturated carbocycles. The minimum Gasteiger partial charge on any atom is -0.339 e. The molecule has 1 fully saturated rings. The molecule has 34 heavy (non-hydrogen) atoms. The Hall–Kier alpha value is -3.71. The minimum absolute atomic E-state index is 0.0703. The Bertz CT molecular complexity index is 1070. The van der Waals surface area contributed by atoms with Crippen molar-refractivity contribution in [3.63, 3.8) is 0 Å². The number of nitrogens with one attached hydrogen (secondary N) is 4. The molecule has 0 spiro atoms. The maximum atomic E-state index is 12.4. The van der Waals surface area contributed by atoms with Gasteiger partial charge in [0, 0.05) is 34.5 Å². The van der Waals surface area contributed by atoms with E-state index < -0.39 is 23.9 Å². The van der Waals surface area contributed by atoms with Crippen molar-refractivity contribution in [1.29, 1.82) is 0 Å². The summed E-state index contributed by atoms with van der Waals surface area (Å²) in [6, 6.07) is 12.5. The van der Waals surface area contributed by atoms with Gasteiger partial charge in [0.05, 0.1) is 6.54 Å². The summed E-state index contributed by atoms with van der Waals surface area (Å²) < 4.78 is 0. The van der Waals surface area contributed by atoms with Gasteiger partial charge in [0.15, 0.2) is 0 Å². The van der Waals surface area contributed by atoms with Crippen LogP contribution in [0, 0.1) is 11.8 Å². The number of nitrogens with two attached hydrogens (primary N) is 1. The number of rotatable bonds is 8. The second kappa shape index (κ2) is 12.0. The quantitative estimate of drug-likeness (QED) is 0.197. The first kappa shape index (κ1) is 24.9. The van der Waals surface area contributed by atoms with Crippen molar-refractivity contribution in [2.75, 3.05) is 11.9 Å². The third-order valence-corrected chi connectivity index (χ3v) is 5.53. The van der Waals surface area contributed by atoms with Crippen molar-refractivity contribution >= 4 is 23.4 Å². The largest absolute Gasteiger partial charge is 0.339 e. The minimum atomic E-state index is -1.07. The van der Waals surface area contributed by atoms with E-state index in [9.17, 15) is 14.4 Å². The topological polar surface area (TPSA) is 146 Å². The van der Waals surface area contributed by atoms with Crippen LogP contribution in [0.4, 0.5) is 5.69 Å². The van der Waals surface area contributed by atoms with Gasteiger partial charge in [-0.05, 0) is 68.3 Å². The molecule has 9 nitrogen and oxygen atoms in total. The third kappa shape index (κ3) is 7.15. The van der Waals surface area contributed by atoms with Crippen molar-refractivity contribution in [1.82, 2.24) is 16.1 Å². The number of carbonyl (C=O) groups excluding carboxylic acids is 3. The number of benzene rings is 2. The molecule has 1 aliphatic carbocycles. The first-order valence-electron chi connectivity index (χ1n) is 11.1.